The molecule has 0 spiro atoms. The predicted octanol–water partition coefficient (Wildman–Crippen LogP) is 3.38. The zero-order valence-electron chi connectivity index (χ0n) is 19.6. The van der Waals surface area contributed by atoms with Gasteiger partial charge in [0.15, 0.2) is 0 Å². The summed E-state index contributed by atoms with van der Waals surface area (Å²) in [4.78, 5) is 44.2. The fourth-order valence-electron chi connectivity index (χ4n) is 6.16. The molecule has 2 aromatic rings. The smallest absolute Gasteiger partial charge is 0.271 e. The zero-order chi connectivity index (χ0) is 24.5. The highest BCUT2D eigenvalue weighted by atomic mass is 35.5. The molecule has 3 aliphatic rings. The number of likely N-dealkylation sites (tertiary alicyclic amines) is 1. The molecule has 1 aromatic heterocycles. The molecule has 35 heavy (non-hydrogen) atoms. The Morgan fingerprint density at radius 3 is 2.83 bits per heavy atom. The lowest BCUT2D eigenvalue weighted by Gasteiger charge is -2.30. The summed E-state index contributed by atoms with van der Waals surface area (Å²) in [6.45, 7) is 1.17. The molecule has 9 heteroatoms. The molecular formula is C26H30ClN5O3. The number of nitrogens with one attached hydrogen (secondary N) is 3. The van der Waals surface area contributed by atoms with Crippen LogP contribution in [-0.2, 0) is 9.59 Å². The van der Waals surface area contributed by atoms with Crippen molar-refractivity contribution in [1.82, 2.24) is 20.5 Å². The molecule has 1 saturated carbocycles. The van der Waals surface area contributed by atoms with Crippen molar-refractivity contribution in [3.05, 3.63) is 35.0 Å². The first kappa shape index (κ1) is 23.7. The normalized spacial score (nSPS) is 27.1. The minimum Gasteiger partial charge on any atom is -0.356 e. The number of carbonyl (C=O) groups is 3. The van der Waals surface area contributed by atoms with Gasteiger partial charge >= 0.3 is 0 Å². The van der Waals surface area contributed by atoms with Gasteiger partial charge in [-0.2, -0.15) is 5.26 Å². The van der Waals surface area contributed by atoms with Gasteiger partial charge in [-0.15, -0.1) is 0 Å². The van der Waals surface area contributed by atoms with E-state index in [-0.39, 0.29) is 41.9 Å². The SMILES string of the molecule is N#CC(C[C@@H]1CCCNC1=O)NC(=O)[C@@H]1[C@H]2CCCC[C@H]2CN1C(=O)c1cc2cccc(Cl)c2[nH]1. The Morgan fingerprint density at radius 1 is 1.23 bits per heavy atom. The number of piperidine rings is 1. The summed E-state index contributed by atoms with van der Waals surface area (Å²) in [5, 5.41) is 16.8. The number of fused-ring (bicyclic) bond motifs is 2. The van der Waals surface area contributed by atoms with Crippen molar-refractivity contribution in [2.75, 3.05) is 13.1 Å². The third kappa shape index (κ3) is 4.62. The van der Waals surface area contributed by atoms with Crippen LogP contribution in [-0.4, -0.2) is 52.8 Å². The summed E-state index contributed by atoms with van der Waals surface area (Å²) < 4.78 is 0. The zero-order valence-corrected chi connectivity index (χ0v) is 20.3. The molecule has 3 heterocycles. The molecule has 1 unspecified atom stereocenters. The van der Waals surface area contributed by atoms with E-state index >= 15 is 0 Å². The fraction of sp³-hybridized carbons (Fsp3) is 0.538. The first-order valence-electron chi connectivity index (χ1n) is 12.5. The van der Waals surface area contributed by atoms with Gasteiger partial charge in [0, 0.05) is 24.4 Å². The van der Waals surface area contributed by atoms with Crippen molar-refractivity contribution in [1.29, 1.82) is 5.26 Å². The number of rotatable bonds is 5. The number of para-hydroxylation sites is 1. The third-order valence-corrected chi connectivity index (χ3v) is 8.21. The van der Waals surface area contributed by atoms with Crippen LogP contribution in [0.4, 0.5) is 0 Å². The summed E-state index contributed by atoms with van der Waals surface area (Å²) >= 11 is 6.30. The lowest BCUT2D eigenvalue weighted by molar-refractivity contribution is -0.129. The summed E-state index contributed by atoms with van der Waals surface area (Å²) in [5.41, 5.74) is 1.10. The second-order valence-electron chi connectivity index (χ2n) is 10.1. The van der Waals surface area contributed by atoms with Gasteiger partial charge in [0.1, 0.15) is 17.8 Å². The maximum absolute atomic E-state index is 13.7. The van der Waals surface area contributed by atoms with Gasteiger partial charge < -0.3 is 20.5 Å². The molecule has 8 nitrogen and oxygen atoms in total. The first-order valence-corrected chi connectivity index (χ1v) is 12.9. The number of hydrogen-bond acceptors (Lipinski definition) is 4. The average molecular weight is 496 g/mol. The number of halogens is 1. The van der Waals surface area contributed by atoms with Crippen LogP contribution in [0.1, 0.15) is 55.4 Å². The van der Waals surface area contributed by atoms with Crippen molar-refractivity contribution < 1.29 is 14.4 Å². The number of nitriles is 1. The molecular weight excluding hydrogens is 466 g/mol. The molecule has 5 rings (SSSR count). The number of amides is 3. The van der Waals surface area contributed by atoms with E-state index in [1.54, 1.807) is 17.0 Å². The van der Waals surface area contributed by atoms with Crippen molar-refractivity contribution in [2.45, 2.75) is 57.0 Å². The Kier molecular flexibility index (Phi) is 6.70. The molecule has 0 bridgehead atoms. The second kappa shape index (κ2) is 9.90. The van der Waals surface area contributed by atoms with Gasteiger partial charge in [-0.05, 0) is 56.1 Å². The minimum atomic E-state index is -0.775. The van der Waals surface area contributed by atoms with E-state index in [0.717, 1.165) is 37.5 Å². The number of hydrogen-bond donors (Lipinski definition) is 3. The van der Waals surface area contributed by atoms with Crippen molar-refractivity contribution in [3.63, 3.8) is 0 Å². The Labute approximate surface area is 209 Å². The topological polar surface area (TPSA) is 118 Å². The molecule has 0 radical (unpaired) electrons. The van der Waals surface area contributed by atoms with Gasteiger partial charge in [0.2, 0.25) is 11.8 Å². The van der Waals surface area contributed by atoms with Crippen LogP contribution in [0.5, 0.6) is 0 Å². The predicted molar refractivity (Wildman–Crippen MR) is 131 cm³/mol. The summed E-state index contributed by atoms with van der Waals surface area (Å²) in [6, 6.07) is 8.02. The van der Waals surface area contributed by atoms with Crippen LogP contribution in [0.25, 0.3) is 10.9 Å². The number of carbonyl (C=O) groups excluding carboxylic acids is 3. The fourth-order valence-corrected chi connectivity index (χ4v) is 6.39. The number of benzene rings is 1. The average Bonchev–Trinajstić information content (AvgIpc) is 3.47. The molecule has 1 aromatic carbocycles. The first-order chi connectivity index (χ1) is 17.0. The Bertz CT molecular complexity index is 1190. The van der Waals surface area contributed by atoms with Crippen molar-refractivity contribution >= 4 is 40.2 Å². The summed E-state index contributed by atoms with van der Waals surface area (Å²) in [7, 11) is 0. The largest absolute Gasteiger partial charge is 0.356 e. The van der Waals surface area contributed by atoms with E-state index in [0.29, 0.717) is 35.7 Å². The van der Waals surface area contributed by atoms with E-state index in [2.05, 4.69) is 21.7 Å². The van der Waals surface area contributed by atoms with Gasteiger partial charge in [-0.25, -0.2) is 0 Å². The van der Waals surface area contributed by atoms with E-state index < -0.39 is 12.1 Å². The molecule has 5 atom stereocenters. The van der Waals surface area contributed by atoms with E-state index in [4.69, 9.17) is 11.6 Å². The van der Waals surface area contributed by atoms with Gasteiger partial charge in [-0.3, -0.25) is 14.4 Å². The van der Waals surface area contributed by atoms with Crippen LogP contribution in [0.2, 0.25) is 5.02 Å². The highest BCUT2D eigenvalue weighted by Gasteiger charge is 2.49. The van der Waals surface area contributed by atoms with Crippen LogP contribution >= 0.6 is 11.6 Å². The molecule has 3 amide bonds. The van der Waals surface area contributed by atoms with E-state index in [1.807, 2.05) is 12.1 Å². The molecule has 1 aliphatic carbocycles. The molecule has 3 fully saturated rings. The van der Waals surface area contributed by atoms with E-state index in [1.165, 1.54) is 0 Å². The molecule has 184 valence electrons. The van der Waals surface area contributed by atoms with Crippen LogP contribution in [0.15, 0.2) is 24.3 Å². The van der Waals surface area contributed by atoms with Crippen LogP contribution < -0.4 is 10.6 Å². The number of aromatic nitrogens is 1. The Hall–Kier alpha value is -3.05. The monoisotopic (exact) mass is 495 g/mol. The van der Waals surface area contributed by atoms with Crippen LogP contribution in [0.3, 0.4) is 0 Å². The quantitative estimate of drug-likeness (QED) is 0.589. The minimum absolute atomic E-state index is 0.0618. The maximum Gasteiger partial charge on any atom is 0.271 e. The lowest BCUT2D eigenvalue weighted by Crippen LogP contribution is -2.52. The standard InChI is InChI=1S/C26H30ClN5O3/c27-20-9-3-6-15-12-21(31-22(15)20)26(35)32-14-17-5-1-2-8-19(17)23(32)25(34)30-18(13-28)11-16-7-4-10-29-24(16)33/h3,6,9,12,16-19,23,31H,1-2,4-5,7-8,10-11,14H2,(H,29,33)(H,30,34)/t16-,17-,18?,19-,23-/m0/s1. The van der Waals surface area contributed by atoms with Crippen molar-refractivity contribution in [2.24, 2.45) is 17.8 Å². The maximum atomic E-state index is 13.7. The van der Waals surface area contributed by atoms with Crippen molar-refractivity contribution in [3.8, 4) is 6.07 Å². The van der Waals surface area contributed by atoms with Gasteiger partial charge in [0.25, 0.3) is 5.91 Å². The molecule has 3 N–H and O–H groups in total. The highest BCUT2D eigenvalue weighted by molar-refractivity contribution is 6.35. The molecule has 2 aliphatic heterocycles. The van der Waals surface area contributed by atoms with E-state index in [9.17, 15) is 19.6 Å². The number of H-pyrrole nitrogens is 1. The second-order valence-corrected chi connectivity index (χ2v) is 10.5. The van der Waals surface area contributed by atoms with Gasteiger partial charge in [-0.1, -0.05) is 36.6 Å². The Balaban J connectivity index is 1.37. The summed E-state index contributed by atoms with van der Waals surface area (Å²) in [6.07, 6.45) is 5.85. The molecule has 2 saturated heterocycles. The number of aromatic amines is 1. The third-order valence-electron chi connectivity index (χ3n) is 7.90. The summed E-state index contributed by atoms with van der Waals surface area (Å²) in [5.74, 6) is -0.544. The Morgan fingerprint density at radius 2 is 2.06 bits per heavy atom. The number of nitrogens with zero attached hydrogens (tertiary/aromatic N) is 2. The highest BCUT2D eigenvalue weighted by Crippen LogP contribution is 2.41. The van der Waals surface area contributed by atoms with Gasteiger partial charge in [0.05, 0.1) is 16.6 Å². The lowest BCUT2D eigenvalue weighted by atomic mass is 9.78. The van der Waals surface area contributed by atoms with Crippen LogP contribution in [0, 0.1) is 29.1 Å².